The van der Waals surface area contributed by atoms with E-state index in [0.29, 0.717) is 25.2 Å². The summed E-state index contributed by atoms with van der Waals surface area (Å²) in [6, 6.07) is 3.21. The summed E-state index contributed by atoms with van der Waals surface area (Å²) in [5.74, 6) is -1.64. The number of nitrogens with zero attached hydrogens (tertiary/aromatic N) is 1. The van der Waals surface area contributed by atoms with Gasteiger partial charge in [-0.1, -0.05) is 19.8 Å². The molecule has 1 aromatic rings. The SMILES string of the molecule is CCCCCS(=O)(=O)CC(=O)Nc1cc(C(F)(F)F)ccc1N1CCCCC1. The van der Waals surface area contributed by atoms with Crippen LogP contribution in [0, 0.1) is 0 Å². The number of piperidine rings is 1. The van der Waals surface area contributed by atoms with Crippen molar-refractivity contribution in [1.82, 2.24) is 0 Å². The van der Waals surface area contributed by atoms with Gasteiger partial charge in [-0.2, -0.15) is 13.2 Å². The maximum atomic E-state index is 13.1. The van der Waals surface area contributed by atoms with E-state index in [1.54, 1.807) is 0 Å². The summed E-state index contributed by atoms with van der Waals surface area (Å²) in [5, 5.41) is 2.41. The maximum absolute atomic E-state index is 13.1. The van der Waals surface area contributed by atoms with E-state index in [1.807, 2.05) is 11.8 Å². The summed E-state index contributed by atoms with van der Waals surface area (Å²) in [4.78, 5) is 14.2. The number of alkyl halides is 3. The van der Waals surface area contributed by atoms with Gasteiger partial charge < -0.3 is 10.2 Å². The lowest BCUT2D eigenvalue weighted by Crippen LogP contribution is -2.31. The number of rotatable bonds is 8. The van der Waals surface area contributed by atoms with E-state index < -0.39 is 33.2 Å². The normalized spacial score (nSPS) is 15.5. The molecule has 1 heterocycles. The highest BCUT2D eigenvalue weighted by Gasteiger charge is 2.32. The Kier molecular flexibility index (Phi) is 7.74. The number of hydrogen-bond acceptors (Lipinski definition) is 4. The first-order chi connectivity index (χ1) is 13.1. The molecule has 0 atom stereocenters. The minimum absolute atomic E-state index is 0.00508. The minimum atomic E-state index is -4.55. The van der Waals surface area contributed by atoms with Gasteiger partial charge in [-0.05, 0) is 43.9 Å². The highest BCUT2D eigenvalue weighted by atomic mass is 32.2. The number of anilines is 2. The molecule has 1 aliphatic rings. The number of unbranched alkanes of at least 4 members (excludes halogenated alkanes) is 2. The van der Waals surface area contributed by atoms with Gasteiger partial charge in [0, 0.05) is 13.1 Å². The molecule has 9 heteroatoms. The second kappa shape index (κ2) is 9.62. The first-order valence-electron chi connectivity index (χ1n) is 9.59. The Morgan fingerprint density at radius 1 is 1.14 bits per heavy atom. The number of nitrogens with one attached hydrogen (secondary N) is 1. The molecule has 5 nitrogen and oxygen atoms in total. The monoisotopic (exact) mass is 420 g/mol. The van der Waals surface area contributed by atoms with Gasteiger partial charge in [-0.3, -0.25) is 4.79 Å². The fourth-order valence-electron chi connectivity index (χ4n) is 3.25. The van der Waals surface area contributed by atoms with E-state index >= 15 is 0 Å². The lowest BCUT2D eigenvalue weighted by atomic mass is 10.1. The van der Waals surface area contributed by atoms with Crippen molar-refractivity contribution in [3.63, 3.8) is 0 Å². The molecule has 1 amide bonds. The Bertz CT molecular complexity index is 773. The molecule has 0 unspecified atom stereocenters. The van der Waals surface area contributed by atoms with Crippen LogP contribution in [0.2, 0.25) is 0 Å². The van der Waals surface area contributed by atoms with E-state index in [9.17, 15) is 26.4 Å². The van der Waals surface area contributed by atoms with Crippen LogP contribution in [-0.2, 0) is 20.8 Å². The summed E-state index contributed by atoms with van der Waals surface area (Å²) >= 11 is 0. The van der Waals surface area contributed by atoms with Crippen molar-refractivity contribution < 1.29 is 26.4 Å². The number of carbonyl (C=O) groups excluding carboxylic acids is 1. The number of carbonyl (C=O) groups is 1. The summed E-state index contributed by atoms with van der Waals surface area (Å²) in [6.45, 7) is 3.31. The first kappa shape index (κ1) is 22.5. The number of hydrogen-bond donors (Lipinski definition) is 1. The molecular formula is C19H27F3N2O3S. The predicted octanol–water partition coefficient (Wildman–Crippen LogP) is 4.24. The third-order valence-corrected chi connectivity index (χ3v) is 6.32. The number of amides is 1. The van der Waals surface area contributed by atoms with Crippen LogP contribution in [0.1, 0.15) is 51.0 Å². The van der Waals surface area contributed by atoms with E-state index in [2.05, 4.69) is 5.32 Å². The summed E-state index contributed by atoms with van der Waals surface area (Å²) in [6.07, 6.45) is 0.398. The number of halogens is 3. The van der Waals surface area contributed by atoms with Crippen LogP contribution in [0.5, 0.6) is 0 Å². The van der Waals surface area contributed by atoms with Gasteiger partial charge in [0.1, 0.15) is 5.75 Å². The van der Waals surface area contributed by atoms with Crippen molar-refractivity contribution in [1.29, 1.82) is 0 Å². The van der Waals surface area contributed by atoms with Crippen LogP contribution in [0.3, 0.4) is 0 Å². The van der Waals surface area contributed by atoms with Gasteiger partial charge in [0.15, 0.2) is 9.84 Å². The molecule has 28 heavy (non-hydrogen) atoms. The van der Waals surface area contributed by atoms with Gasteiger partial charge >= 0.3 is 6.18 Å². The standard InChI is InChI=1S/C19H27F3N2O3S/c1-2-3-7-12-28(26,27)14-18(25)23-16-13-15(19(20,21)22)8-9-17(16)24-10-5-4-6-11-24/h8-9,13H,2-7,10-12,14H2,1H3,(H,23,25). The van der Waals surface area contributed by atoms with E-state index in [4.69, 9.17) is 0 Å². The van der Waals surface area contributed by atoms with Gasteiger partial charge in [-0.15, -0.1) is 0 Å². The van der Waals surface area contributed by atoms with Crippen molar-refractivity contribution >= 4 is 27.1 Å². The molecule has 0 aromatic heterocycles. The fraction of sp³-hybridized carbons (Fsp3) is 0.632. The van der Waals surface area contributed by atoms with Gasteiger partial charge in [0.25, 0.3) is 0 Å². The van der Waals surface area contributed by atoms with Crippen LogP contribution in [0.25, 0.3) is 0 Å². The molecule has 0 radical (unpaired) electrons. The zero-order valence-electron chi connectivity index (χ0n) is 16.0. The zero-order valence-corrected chi connectivity index (χ0v) is 16.8. The van der Waals surface area contributed by atoms with E-state index in [-0.39, 0.29) is 11.4 Å². The highest BCUT2D eigenvalue weighted by molar-refractivity contribution is 7.92. The Labute approximate surface area is 164 Å². The van der Waals surface area contributed by atoms with Crippen LogP contribution >= 0.6 is 0 Å². The molecular weight excluding hydrogens is 393 g/mol. The first-order valence-corrected chi connectivity index (χ1v) is 11.4. The Morgan fingerprint density at radius 3 is 2.43 bits per heavy atom. The van der Waals surface area contributed by atoms with E-state index in [0.717, 1.165) is 44.2 Å². The minimum Gasteiger partial charge on any atom is -0.370 e. The third-order valence-electron chi connectivity index (χ3n) is 4.70. The second-order valence-electron chi connectivity index (χ2n) is 7.12. The molecule has 1 aliphatic heterocycles. The summed E-state index contributed by atoms with van der Waals surface area (Å²) < 4.78 is 63.4. The fourth-order valence-corrected chi connectivity index (χ4v) is 4.51. The molecule has 1 saturated heterocycles. The smallest absolute Gasteiger partial charge is 0.370 e. The van der Waals surface area contributed by atoms with Gasteiger partial charge in [-0.25, -0.2) is 8.42 Å². The molecule has 1 fully saturated rings. The van der Waals surface area contributed by atoms with Crippen molar-refractivity contribution in [2.75, 3.05) is 34.8 Å². The summed E-state index contributed by atoms with van der Waals surface area (Å²) in [5.41, 5.74) is -0.385. The topological polar surface area (TPSA) is 66.5 Å². The van der Waals surface area contributed by atoms with Crippen LogP contribution < -0.4 is 10.2 Å². The Morgan fingerprint density at radius 2 is 1.82 bits per heavy atom. The molecule has 0 spiro atoms. The third kappa shape index (κ3) is 6.68. The summed E-state index contributed by atoms with van der Waals surface area (Å²) in [7, 11) is -3.60. The highest BCUT2D eigenvalue weighted by Crippen LogP contribution is 2.36. The Hall–Kier alpha value is -1.77. The van der Waals surface area contributed by atoms with E-state index in [1.165, 1.54) is 6.07 Å². The molecule has 0 aliphatic carbocycles. The average Bonchev–Trinajstić information content (AvgIpc) is 2.61. The molecule has 2 rings (SSSR count). The van der Waals surface area contributed by atoms with Crippen molar-refractivity contribution in [3.8, 4) is 0 Å². The quantitative estimate of drug-likeness (QED) is 0.639. The van der Waals surface area contributed by atoms with Gasteiger partial charge in [0.05, 0.1) is 22.7 Å². The number of sulfone groups is 1. The van der Waals surface area contributed by atoms with Crippen molar-refractivity contribution in [3.05, 3.63) is 23.8 Å². The largest absolute Gasteiger partial charge is 0.416 e. The van der Waals surface area contributed by atoms with Crippen LogP contribution in [-0.4, -0.2) is 38.9 Å². The van der Waals surface area contributed by atoms with Gasteiger partial charge in [0.2, 0.25) is 5.91 Å². The molecule has 1 aromatic carbocycles. The molecule has 1 N–H and O–H groups in total. The molecule has 158 valence electrons. The predicted molar refractivity (Wildman–Crippen MR) is 104 cm³/mol. The average molecular weight is 420 g/mol. The molecule has 0 saturated carbocycles. The van der Waals surface area contributed by atoms with Crippen LogP contribution in [0.15, 0.2) is 18.2 Å². The van der Waals surface area contributed by atoms with Crippen molar-refractivity contribution in [2.24, 2.45) is 0 Å². The lowest BCUT2D eigenvalue weighted by molar-refractivity contribution is -0.137. The van der Waals surface area contributed by atoms with Crippen molar-refractivity contribution in [2.45, 2.75) is 51.6 Å². The maximum Gasteiger partial charge on any atom is 0.416 e. The Balaban J connectivity index is 2.19. The zero-order chi connectivity index (χ0) is 20.8. The second-order valence-corrected chi connectivity index (χ2v) is 9.31. The molecule has 0 bridgehead atoms. The lowest BCUT2D eigenvalue weighted by Gasteiger charge is -2.31. The van der Waals surface area contributed by atoms with Crippen LogP contribution in [0.4, 0.5) is 24.5 Å². The number of benzene rings is 1.